The van der Waals surface area contributed by atoms with Crippen molar-refractivity contribution in [2.45, 2.75) is 33.1 Å². The number of rotatable bonds is 6. The second kappa shape index (κ2) is 6.79. The van der Waals surface area contributed by atoms with Crippen molar-refractivity contribution in [1.82, 2.24) is 8.61 Å². The van der Waals surface area contributed by atoms with E-state index in [1.807, 2.05) is 6.92 Å². The van der Waals surface area contributed by atoms with Gasteiger partial charge in [-0.25, -0.2) is 0 Å². The van der Waals surface area contributed by atoms with Crippen LogP contribution in [0, 0.1) is 5.92 Å². The minimum atomic E-state index is -3.42. The van der Waals surface area contributed by atoms with Gasteiger partial charge >= 0.3 is 0 Å². The molecule has 0 bridgehead atoms. The Morgan fingerprint density at radius 3 is 2.72 bits per heavy atom. The molecule has 7 heteroatoms. The molecule has 0 radical (unpaired) electrons. The van der Waals surface area contributed by atoms with Crippen LogP contribution in [-0.4, -0.2) is 48.2 Å². The number of hydrogen-bond donors (Lipinski definition) is 1. The van der Waals surface area contributed by atoms with E-state index in [0.717, 1.165) is 19.3 Å². The van der Waals surface area contributed by atoms with Gasteiger partial charge < -0.3 is 5.73 Å². The van der Waals surface area contributed by atoms with Gasteiger partial charge in [-0.2, -0.15) is 17.0 Å². The number of hydrogen-bond acceptors (Lipinski definition) is 3. The molecule has 0 spiro atoms. The maximum absolute atomic E-state index is 12.5. The minimum absolute atomic E-state index is 0.135. The lowest BCUT2D eigenvalue weighted by Crippen LogP contribution is -2.49. The first-order valence-corrected chi connectivity index (χ1v) is 8.22. The lowest BCUT2D eigenvalue weighted by Gasteiger charge is -2.34. The van der Waals surface area contributed by atoms with Gasteiger partial charge in [-0.05, 0) is 25.2 Å². The second-order valence-electron chi connectivity index (χ2n) is 4.91. The molecular weight excluding hydrogens is 270 g/mol. The van der Waals surface area contributed by atoms with Gasteiger partial charge in [0.1, 0.15) is 0 Å². The van der Waals surface area contributed by atoms with Gasteiger partial charge in [0.15, 0.2) is 0 Å². The SMILES string of the molecule is CCCN(CC(N)=S)S(=O)(=O)N1CCCC(C)C1. The molecule has 106 valence electrons. The molecule has 0 aromatic heterocycles. The molecule has 1 saturated heterocycles. The van der Waals surface area contributed by atoms with Crippen LogP contribution in [-0.2, 0) is 10.2 Å². The second-order valence-corrected chi connectivity index (χ2v) is 7.37. The van der Waals surface area contributed by atoms with E-state index in [0.29, 0.717) is 25.6 Å². The molecule has 18 heavy (non-hydrogen) atoms. The van der Waals surface area contributed by atoms with E-state index < -0.39 is 10.2 Å². The maximum Gasteiger partial charge on any atom is 0.282 e. The molecule has 1 heterocycles. The molecular formula is C11H23N3O2S2. The Morgan fingerprint density at radius 2 is 2.22 bits per heavy atom. The summed E-state index contributed by atoms with van der Waals surface area (Å²) in [6.07, 6.45) is 2.77. The quantitative estimate of drug-likeness (QED) is 0.741. The molecule has 1 atom stereocenters. The van der Waals surface area contributed by atoms with Crippen LogP contribution in [0.5, 0.6) is 0 Å². The fourth-order valence-corrected chi connectivity index (χ4v) is 4.30. The van der Waals surface area contributed by atoms with Gasteiger partial charge in [0.25, 0.3) is 10.2 Å². The smallest absolute Gasteiger partial charge is 0.282 e. The van der Waals surface area contributed by atoms with Crippen LogP contribution in [0.4, 0.5) is 0 Å². The number of nitrogens with zero attached hydrogens (tertiary/aromatic N) is 2. The summed E-state index contributed by atoms with van der Waals surface area (Å²) in [6.45, 7) is 5.82. The Bertz CT molecular complexity index is 384. The lowest BCUT2D eigenvalue weighted by molar-refractivity contribution is 0.261. The Balaban J connectivity index is 2.82. The van der Waals surface area contributed by atoms with Crippen molar-refractivity contribution in [1.29, 1.82) is 0 Å². The average molecular weight is 293 g/mol. The highest BCUT2D eigenvalue weighted by Gasteiger charge is 2.32. The van der Waals surface area contributed by atoms with E-state index in [-0.39, 0.29) is 11.5 Å². The van der Waals surface area contributed by atoms with Crippen LogP contribution in [0.15, 0.2) is 0 Å². The van der Waals surface area contributed by atoms with Gasteiger partial charge in [0.05, 0.1) is 11.5 Å². The summed E-state index contributed by atoms with van der Waals surface area (Å²) in [7, 11) is -3.42. The summed E-state index contributed by atoms with van der Waals surface area (Å²) in [5.41, 5.74) is 5.48. The first kappa shape index (κ1) is 15.8. The molecule has 1 rings (SSSR count). The van der Waals surface area contributed by atoms with Crippen LogP contribution in [0.2, 0.25) is 0 Å². The highest BCUT2D eigenvalue weighted by atomic mass is 32.2. The summed E-state index contributed by atoms with van der Waals surface area (Å²) < 4.78 is 27.9. The lowest BCUT2D eigenvalue weighted by atomic mass is 10.0. The fraction of sp³-hybridized carbons (Fsp3) is 0.909. The van der Waals surface area contributed by atoms with Crippen LogP contribution >= 0.6 is 12.2 Å². The average Bonchev–Trinajstić information content (AvgIpc) is 2.28. The Labute approximate surface area is 115 Å². The summed E-state index contributed by atoms with van der Waals surface area (Å²) in [4.78, 5) is 0.220. The molecule has 1 aliphatic rings. The molecule has 1 aliphatic heterocycles. The fourth-order valence-electron chi connectivity index (χ4n) is 2.22. The molecule has 0 aromatic carbocycles. The van der Waals surface area contributed by atoms with Crippen molar-refractivity contribution in [2.24, 2.45) is 11.7 Å². The van der Waals surface area contributed by atoms with Crippen LogP contribution in [0.1, 0.15) is 33.1 Å². The number of nitrogens with two attached hydrogens (primary N) is 1. The van der Waals surface area contributed by atoms with E-state index in [9.17, 15) is 8.42 Å². The molecule has 0 aromatic rings. The Kier molecular flexibility index (Phi) is 5.97. The van der Waals surface area contributed by atoms with Gasteiger partial charge in [-0.15, -0.1) is 0 Å². The van der Waals surface area contributed by atoms with Crippen molar-refractivity contribution in [2.75, 3.05) is 26.2 Å². The zero-order valence-corrected chi connectivity index (χ0v) is 12.8. The Hall–Kier alpha value is -0.240. The van der Waals surface area contributed by atoms with Crippen LogP contribution in [0.3, 0.4) is 0 Å². The number of thiocarbonyl (C=S) groups is 1. The molecule has 0 saturated carbocycles. The maximum atomic E-state index is 12.5. The van der Waals surface area contributed by atoms with E-state index in [2.05, 4.69) is 6.92 Å². The largest absolute Gasteiger partial charge is 0.392 e. The molecule has 0 amide bonds. The molecule has 0 aliphatic carbocycles. The normalized spacial score (nSPS) is 22.3. The van der Waals surface area contributed by atoms with E-state index in [4.69, 9.17) is 18.0 Å². The first-order chi connectivity index (χ1) is 8.37. The van der Waals surface area contributed by atoms with Gasteiger partial charge in [0.2, 0.25) is 0 Å². The van der Waals surface area contributed by atoms with E-state index in [1.54, 1.807) is 4.31 Å². The molecule has 5 nitrogen and oxygen atoms in total. The summed E-state index contributed by atoms with van der Waals surface area (Å²) in [6, 6.07) is 0. The Morgan fingerprint density at radius 1 is 1.56 bits per heavy atom. The summed E-state index contributed by atoms with van der Waals surface area (Å²) >= 11 is 4.83. The van der Waals surface area contributed by atoms with Crippen LogP contribution in [0.25, 0.3) is 0 Å². The van der Waals surface area contributed by atoms with Crippen molar-refractivity contribution in [3.63, 3.8) is 0 Å². The molecule has 1 fully saturated rings. The van der Waals surface area contributed by atoms with Crippen molar-refractivity contribution < 1.29 is 8.42 Å². The summed E-state index contributed by atoms with van der Waals surface area (Å²) in [5, 5.41) is 0. The third-order valence-electron chi connectivity index (χ3n) is 3.08. The van der Waals surface area contributed by atoms with Crippen molar-refractivity contribution >= 4 is 27.4 Å². The third-order valence-corrected chi connectivity index (χ3v) is 5.16. The minimum Gasteiger partial charge on any atom is -0.392 e. The zero-order chi connectivity index (χ0) is 13.8. The van der Waals surface area contributed by atoms with Crippen LogP contribution < -0.4 is 5.73 Å². The van der Waals surface area contributed by atoms with E-state index in [1.165, 1.54) is 4.31 Å². The van der Waals surface area contributed by atoms with Gasteiger partial charge in [0, 0.05) is 19.6 Å². The highest BCUT2D eigenvalue weighted by molar-refractivity contribution is 7.87. The predicted molar refractivity (Wildman–Crippen MR) is 77.5 cm³/mol. The van der Waals surface area contributed by atoms with Crippen molar-refractivity contribution in [3.05, 3.63) is 0 Å². The third kappa shape index (κ3) is 4.15. The highest BCUT2D eigenvalue weighted by Crippen LogP contribution is 2.20. The standard InChI is InChI=1S/C11H23N3O2S2/c1-3-6-13(9-11(12)17)18(15,16)14-7-4-5-10(2)8-14/h10H,3-9H2,1-2H3,(H2,12,17). The topological polar surface area (TPSA) is 66.6 Å². The summed E-state index contributed by atoms with van der Waals surface area (Å²) in [5.74, 6) is 0.418. The van der Waals surface area contributed by atoms with E-state index >= 15 is 0 Å². The van der Waals surface area contributed by atoms with Gasteiger partial charge in [-0.1, -0.05) is 26.1 Å². The van der Waals surface area contributed by atoms with Gasteiger partial charge in [-0.3, -0.25) is 0 Å². The molecule has 2 N–H and O–H groups in total. The number of piperidine rings is 1. The predicted octanol–water partition coefficient (Wildman–Crippen LogP) is 0.961. The first-order valence-electron chi connectivity index (χ1n) is 6.41. The molecule has 1 unspecified atom stereocenters. The zero-order valence-electron chi connectivity index (χ0n) is 11.1. The van der Waals surface area contributed by atoms with Crippen molar-refractivity contribution in [3.8, 4) is 0 Å². The monoisotopic (exact) mass is 293 g/mol.